The zero-order valence-corrected chi connectivity index (χ0v) is 23.9. The fourth-order valence-corrected chi connectivity index (χ4v) is 4.42. The van der Waals surface area contributed by atoms with Gasteiger partial charge in [0.25, 0.3) is 6.47 Å². The number of ether oxygens (including phenoxy) is 3. The number of rotatable bonds is 25. The normalized spacial score (nSPS) is 14.8. The minimum Gasteiger partial charge on any atom is -0.467 e. The number of likely N-dealkylation sites (tertiary alicyclic amines) is 1. The van der Waals surface area contributed by atoms with Gasteiger partial charge in [0.05, 0.1) is 5.92 Å². The van der Waals surface area contributed by atoms with Crippen molar-refractivity contribution in [3.05, 3.63) is 24.3 Å². The Morgan fingerprint density at radius 2 is 1.32 bits per heavy atom. The number of nitrogens with zero attached hydrogens (tertiary/aromatic N) is 1. The Kier molecular flexibility index (Phi) is 22.4. The van der Waals surface area contributed by atoms with Crippen LogP contribution < -0.4 is 0 Å². The van der Waals surface area contributed by atoms with Crippen LogP contribution in [0.25, 0.3) is 0 Å². The van der Waals surface area contributed by atoms with Crippen molar-refractivity contribution in [2.45, 2.75) is 110 Å². The van der Waals surface area contributed by atoms with Crippen LogP contribution in [-0.2, 0) is 28.6 Å². The van der Waals surface area contributed by atoms with Crippen LogP contribution in [0.15, 0.2) is 24.3 Å². The summed E-state index contributed by atoms with van der Waals surface area (Å²) in [6.45, 7) is 5.94. The summed E-state index contributed by atoms with van der Waals surface area (Å²) >= 11 is 0. The lowest BCUT2D eigenvalue weighted by Crippen LogP contribution is -2.25. The highest BCUT2D eigenvalue weighted by molar-refractivity contribution is 5.69. The molecule has 0 saturated carbocycles. The van der Waals surface area contributed by atoms with E-state index < -0.39 is 0 Å². The molecule has 0 spiro atoms. The van der Waals surface area contributed by atoms with Crippen molar-refractivity contribution in [3.8, 4) is 0 Å². The van der Waals surface area contributed by atoms with E-state index >= 15 is 0 Å². The van der Waals surface area contributed by atoms with E-state index in [4.69, 9.17) is 14.2 Å². The molecule has 1 aliphatic rings. The van der Waals surface area contributed by atoms with Crippen LogP contribution in [0, 0.1) is 5.92 Å². The van der Waals surface area contributed by atoms with Gasteiger partial charge in [0.2, 0.25) is 0 Å². The Morgan fingerprint density at radius 1 is 0.737 bits per heavy atom. The fourth-order valence-electron chi connectivity index (χ4n) is 4.42. The van der Waals surface area contributed by atoms with Gasteiger partial charge in [0.15, 0.2) is 0 Å². The van der Waals surface area contributed by atoms with Gasteiger partial charge < -0.3 is 19.1 Å². The third-order valence-corrected chi connectivity index (χ3v) is 6.75. The summed E-state index contributed by atoms with van der Waals surface area (Å²) in [6.07, 6.45) is 25.5. The van der Waals surface area contributed by atoms with E-state index in [-0.39, 0.29) is 37.7 Å². The second-order valence-electron chi connectivity index (χ2n) is 10.3. The quantitative estimate of drug-likeness (QED) is 0.0431. The molecule has 1 saturated heterocycles. The molecule has 0 bridgehead atoms. The predicted octanol–water partition coefficient (Wildman–Crippen LogP) is 6.55. The molecule has 218 valence electrons. The second kappa shape index (κ2) is 25.1. The molecular formula is C31H53NO6. The van der Waals surface area contributed by atoms with E-state index in [9.17, 15) is 14.4 Å². The van der Waals surface area contributed by atoms with Crippen molar-refractivity contribution >= 4 is 18.4 Å². The average molecular weight is 536 g/mol. The van der Waals surface area contributed by atoms with Gasteiger partial charge in [-0.05, 0) is 77.4 Å². The molecule has 0 aromatic heterocycles. The van der Waals surface area contributed by atoms with Gasteiger partial charge in [-0.2, -0.15) is 0 Å². The first-order valence-electron chi connectivity index (χ1n) is 15.0. The number of carbonyl (C=O) groups excluding carboxylic acids is 3. The van der Waals surface area contributed by atoms with Gasteiger partial charge in [-0.3, -0.25) is 14.4 Å². The maximum absolute atomic E-state index is 12.1. The van der Waals surface area contributed by atoms with E-state index in [0.29, 0.717) is 19.3 Å². The molecule has 38 heavy (non-hydrogen) atoms. The number of unbranched alkanes of at least 4 members (excludes halogenated alkanes) is 8. The van der Waals surface area contributed by atoms with Crippen LogP contribution in [0.3, 0.4) is 0 Å². The molecule has 0 amide bonds. The van der Waals surface area contributed by atoms with E-state index in [0.717, 1.165) is 58.2 Å². The van der Waals surface area contributed by atoms with E-state index in [1.807, 2.05) is 0 Å². The number of hydrogen-bond donors (Lipinski definition) is 0. The minimum atomic E-state index is -0.351. The summed E-state index contributed by atoms with van der Waals surface area (Å²) in [5.74, 6) is -0.878. The molecule has 1 heterocycles. The van der Waals surface area contributed by atoms with Crippen LogP contribution in [0.5, 0.6) is 0 Å². The number of esters is 2. The summed E-state index contributed by atoms with van der Waals surface area (Å²) in [4.78, 5) is 37.1. The molecule has 1 aliphatic heterocycles. The summed E-state index contributed by atoms with van der Waals surface area (Å²) in [5.41, 5.74) is 0. The zero-order valence-electron chi connectivity index (χ0n) is 23.9. The molecule has 1 atom stereocenters. The molecule has 1 unspecified atom stereocenters. The first-order chi connectivity index (χ1) is 18.7. The Balaban J connectivity index is 2.03. The third kappa shape index (κ3) is 20.9. The van der Waals surface area contributed by atoms with Gasteiger partial charge in [-0.1, -0.05) is 63.3 Å². The highest BCUT2D eigenvalue weighted by Crippen LogP contribution is 2.11. The smallest absolute Gasteiger partial charge is 0.305 e. The SMILES string of the molecule is CCCCC/C=C\C/C=C\CCCCCCCC(=O)OCC(COC=O)COC(=O)CCCN1CCCC1. The molecule has 0 aromatic rings. The van der Waals surface area contributed by atoms with E-state index in [2.05, 4.69) is 36.1 Å². The molecule has 7 heteroatoms. The van der Waals surface area contributed by atoms with Crippen molar-refractivity contribution in [3.63, 3.8) is 0 Å². The maximum Gasteiger partial charge on any atom is 0.305 e. The molecule has 0 radical (unpaired) electrons. The fraction of sp³-hybridized carbons (Fsp3) is 0.774. The van der Waals surface area contributed by atoms with Crippen molar-refractivity contribution in [2.24, 2.45) is 5.92 Å². The highest BCUT2D eigenvalue weighted by Gasteiger charge is 2.17. The predicted molar refractivity (Wildman–Crippen MR) is 152 cm³/mol. The van der Waals surface area contributed by atoms with Gasteiger partial charge >= 0.3 is 11.9 Å². The lowest BCUT2D eigenvalue weighted by atomic mass is 10.1. The van der Waals surface area contributed by atoms with Crippen LogP contribution >= 0.6 is 0 Å². The molecule has 0 aromatic carbocycles. The van der Waals surface area contributed by atoms with Crippen molar-refractivity contribution in [1.29, 1.82) is 0 Å². The highest BCUT2D eigenvalue weighted by atomic mass is 16.6. The van der Waals surface area contributed by atoms with Gasteiger partial charge in [-0.15, -0.1) is 0 Å². The third-order valence-electron chi connectivity index (χ3n) is 6.75. The molecule has 0 aliphatic carbocycles. The molecule has 1 rings (SSSR count). The van der Waals surface area contributed by atoms with E-state index in [1.165, 1.54) is 51.4 Å². The Bertz CT molecular complexity index is 657. The summed E-state index contributed by atoms with van der Waals surface area (Å²) in [6, 6.07) is 0. The second-order valence-corrected chi connectivity index (χ2v) is 10.3. The summed E-state index contributed by atoms with van der Waals surface area (Å²) in [7, 11) is 0. The first kappa shape index (κ1) is 33.9. The van der Waals surface area contributed by atoms with Crippen molar-refractivity contribution < 1.29 is 28.6 Å². The standard InChI is InChI=1S/C31H53NO6/c1-2-3-4-5-6-7-8-9-10-11-12-13-14-15-16-20-30(34)37-26-29(25-36-28-33)27-38-31(35)21-19-24-32-22-17-18-23-32/h6-7,9-10,28-29H,2-5,8,11-27H2,1H3/b7-6-,10-9-. The molecule has 0 N–H and O–H groups in total. The minimum absolute atomic E-state index is 0.0571. The number of allylic oxidation sites excluding steroid dienone is 4. The Morgan fingerprint density at radius 3 is 1.95 bits per heavy atom. The molecule has 7 nitrogen and oxygen atoms in total. The van der Waals surface area contributed by atoms with E-state index in [1.54, 1.807) is 0 Å². The van der Waals surface area contributed by atoms with Crippen molar-refractivity contribution in [1.82, 2.24) is 4.90 Å². The van der Waals surface area contributed by atoms with Gasteiger partial charge in [0.1, 0.15) is 19.8 Å². The Hall–Kier alpha value is -2.15. The number of hydrogen-bond acceptors (Lipinski definition) is 7. The largest absolute Gasteiger partial charge is 0.467 e. The lowest BCUT2D eigenvalue weighted by Gasteiger charge is -2.17. The lowest BCUT2D eigenvalue weighted by molar-refractivity contribution is -0.151. The zero-order chi connectivity index (χ0) is 27.5. The topological polar surface area (TPSA) is 82.1 Å². The Labute approximate surface area is 231 Å². The van der Waals surface area contributed by atoms with Crippen LogP contribution in [0.2, 0.25) is 0 Å². The van der Waals surface area contributed by atoms with Crippen LogP contribution in [-0.4, -0.2) is 62.8 Å². The van der Waals surface area contributed by atoms with Gasteiger partial charge in [0, 0.05) is 12.8 Å². The van der Waals surface area contributed by atoms with Crippen molar-refractivity contribution in [2.75, 3.05) is 39.5 Å². The van der Waals surface area contributed by atoms with Crippen LogP contribution in [0.1, 0.15) is 110 Å². The summed E-state index contributed by atoms with van der Waals surface area (Å²) in [5, 5.41) is 0. The maximum atomic E-state index is 12.1. The van der Waals surface area contributed by atoms with Crippen LogP contribution in [0.4, 0.5) is 0 Å². The molecular weight excluding hydrogens is 482 g/mol. The van der Waals surface area contributed by atoms with Gasteiger partial charge in [-0.25, -0.2) is 0 Å². The average Bonchev–Trinajstić information content (AvgIpc) is 3.44. The number of carbonyl (C=O) groups is 3. The monoisotopic (exact) mass is 535 g/mol. The first-order valence-corrected chi connectivity index (χ1v) is 15.0. The summed E-state index contributed by atoms with van der Waals surface area (Å²) < 4.78 is 15.5. The molecule has 1 fully saturated rings.